The SMILES string of the molecule is FC1CCCNC1.N#Cc1cc(Cl)ccc1CS(=O)(=O)Nc1c(F)cc(Oc2ncccc2-c2ccnc(N)n2)c(F)c1F. The van der Waals surface area contributed by atoms with Crippen LogP contribution in [0.3, 0.4) is 0 Å². The minimum atomic E-state index is -4.48. The lowest BCUT2D eigenvalue weighted by molar-refractivity contribution is 0.266. The summed E-state index contributed by atoms with van der Waals surface area (Å²) >= 11 is 5.79. The van der Waals surface area contributed by atoms with Gasteiger partial charge < -0.3 is 15.8 Å². The smallest absolute Gasteiger partial charge is 0.237 e. The van der Waals surface area contributed by atoms with Crippen molar-refractivity contribution in [1.29, 1.82) is 5.26 Å². The summed E-state index contributed by atoms with van der Waals surface area (Å²) in [6, 6.07) is 10.6. The molecule has 1 unspecified atom stereocenters. The number of hydrogen-bond acceptors (Lipinski definition) is 9. The van der Waals surface area contributed by atoms with E-state index in [2.05, 4.69) is 20.3 Å². The minimum Gasteiger partial charge on any atom is -0.435 e. The molecule has 0 radical (unpaired) electrons. The van der Waals surface area contributed by atoms with Crippen LogP contribution in [0.5, 0.6) is 11.6 Å². The second-order valence-corrected chi connectivity index (χ2v) is 11.5. The highest BCUT2D eigenvalue weighted by molar-refractivity contribution is 7.91. The van der Waals surface area contributed by atoms with Gasteiger partial charge in [0, 0.05) is 30.0 Å². The second-order valence-electron chi connectivity index (χ2n) is 9.34. The predicted molar refractivity (Wildman–Crippen MR) is 155 cm³/mol. The largest absolute Gasteiger partial charge is 0.435 e. The number of halogens is 5. The highest BCUT2D eigenvalue weighted by Gasteiger charge is 2.26. The molecule has 10 nitrogen and oxygen atoms in total. The van der Waals surface area contributed by atoms with Crippen molar-refractivity contribution in [3.63, 3.8) is 0 Å². The Bertz CT molecular complexity index is 1800. The third-order valence-electron chi connectivity index (χ3n) is 6.09. The number of nitrogens with two attached hydrogens (primary N) is 1. The van der Waals surface area contributed by atoms with Crippen LogP contribution in [0.1, 0.15) is 24.0 Å². The van der Waals surface area contributed by atoms with Gasteiger partial charge in [0.15, 0.2) is 17.4 Å². The fourth-order valence-corrected chi connectivity index (χ4v) is 5.42. The first-order chi connectivity index (χ1) is 21.0. The van der Waals surface area contributed by atoms with Crippen LogP contribution in [-0.4, -0.2) is 42.6 Å². The summed E-state index contributed by atoms with van der Waals surface area (Å²) in [7, 11) is -4.48. The summed E-state index contributed by atoms with van der Waals surface area (Å²) in [6.45, 7) is 1.57. The van der Waals surface area contributed by atoms with Crippen molar-refractivity contribution in [2.24, 2.45) is 0 Å². The van der Waals surface area contributed by atoms with Crippen molar-refractivity contribution in [3.05, 3.63) is 88.5 Å². The zero-order valence-electron chi connectivity index (χ0n) is 22.7. The molecule has 1 fully saturated rings. The lowest BCUT2D eigenvalue weighted by atomic mass is 10.1. The monoisotopic (exact) mass is 649 g/mol. The van der Waals surface area contributed by atoms with Gasteiger partial charge in [-0.15, -0.1) is 0 Å². The van der Waals surface area contributed by atoms with Crippen LogP contribution >= 0.6 is 11.6 Å². The minimum absolute atomic E-state index is 0.0219. The van der Waals surface area contributed by atoms with E-state index in [9.17, 15) is 31.2 Å². The Morgan fingerprint density at radius 2 is 1.93 bits per heavy atom. The van der Waals surface area contributed by atoms with Crippen molar-refractivity contribution in [2.45, 2.75) is 24.8 Å². The molecule has 1 aliphatic rings. The van der Waals surface area contributed by atoms with Gasteiger partial charge in [0.05, 0.1) is 28.6 Å². The summed E-state index contributed by atoms with van der Waals surface area (Å²) in [6.07, 6.45) is 3.84. The van der Waals surface area contributed by atoms with Gasteiger partial charge in [-0.2, -0.15) is 9.65 Å². The maximum Gasteiger partial charge on any atom is 0.237 e. The number of pyridine rings is 1. The van der Waals surface area contributed by atoms with Crippen LogP contribution in [0.2, 0.25) is 5.02 Å². The van der Waals surface area contributed by atoms with Gasteiger partial charge in [-0.3, -0.25) is 4.72 Å². The summed E-state index contributed by atoms with van der Waals surface area (Å²) in [5.41, 5.74) is 4.76. The molecule has 2 aromatic carbocycles. The predicted octanol–water partition coefficient (Wildman–Crippen LogP) is 5.51. The first-order valence-corrected chi connectivity index (χ1v) is 14.9. The molecule has 0 saturated carbocycles. The Hall–Kier alpha value is -4.52. The highest BCUT2D eigenvalue weighted by Crippen LogP contribution is 2.36. The van der Waals surface area contributed by atoms with E-state index in [0.717, 1.165) is 19.4 Å². The number of aromatic nitrogens is 3. The van der Waals surface area contributed by atoms with E-state index in [0.29, 0.717) is 12.6 Å². The Kier molecular flexibility index (Phi) is 10.5. The second kappa shape index (κ2) is 14.3. The first-order valence-electron chi connectivity index (χ1n) is 12.9. The third kappa shape index (κ3) is 8.31. The van der Waals surface area contributed by atoms with E-state index in [1.165, 1.54) is 48.8 Å². The van der Waals surface area contributed by atoms with Crippen LogP contribution in [-0.2, 0) is 15.8 Å². The van der Waals surface area contributed by atoms with Crippen molar-refractivity contribution < 1.29 is 30.7 Å². The Morgan fingerprint density at radius 1 is 1.14 bits per heavy atom. The molecule has 0 spiro atoms. The van der Waals surface area contributed by atoms with Gasteiger partial charge in [-0.25, -0.2) is 36.5 Å². The van der Waals surface area contributed by atoms with Gasteiger partial charge in [0.1, 0.15) is 11.9 Å². The van der Waals surface area contributed by atoms with Crippen molar-refractivity contribution in [3.8, 4) is 29.0 Å². The number of nitrogens with zero attached hydrogens (tertiary/aromatic N) is 4. The highest BCUT2D eigenvalue weighted by atomic mass is 35.5. The molecule has 1 saturated heterocycles. The molecule has 44 heavy (non-hydrogen) atoms. The summed E-state index contributed by atoms with van der Waals surface area (Å²) in [5.74, 6) is -7.03. The number of rotatable bonds is 7. The standard InChI is InChI=1S/C23H14ClF3N6O3S.C5H10FN/c24-14-4-3-12(13(8-14)10-28)11-37(34,35)33-21-16(25)9-18(19(26)20(21)27)36-22-15(2-1-6-30-22)17-5-7-31-23(29)32-17;6-5-2-1-3-7-4-5/h1-9,33H,11H2,(H2,29,31,32);5,7H,1-4H2. The number of alkyl halides is 1. The van der Waals surface area contributed by atoms with Crippen LogP contribution in [0.15, 0.2) is 54.9 Å². The van der Waals surface area contributed by atoms with Gasteiger partial charge in [0.2, 0.25) is 27.7 Å². The molecular formula is C28H24ClF4N7O3S. The Morgan fingerprint density at radius 3 is 2.59 bits per heavy atom. The molecular weight excluding hydrogens is 626 g/mol. The van der Waals surface area contributed by atoms with Crippen molar-refractivity contribution in [2.75, 3.05) is 23.5 Å². The number of piperidine rings is 1. The van der Waals surface area contributed by atoms with Crippen molar-refractivity contribution in [1.82, 2.24) is 20.3 Å². The number of benzene rings is 2. The maximum absolute atomic E-state index is 14.9. The zero-order valence-corrected chi connectivity index (χ0v) is 24.3. The Balaban J connectivity index is 0.000000555. The number of sulfonamides is 1. The van der Waals surface area contributed by atoms with Crippen LogP contribution in [0.4, 0.5) is 29.2 Å². The Labute approximate surface area is 254 Å². The van der Waals surface area contributed by atoms with E-state index in [1.54, 1.807) is 10.8 Å². The van der Waals surface area contributed by atoms with Crippen LogP contribution in [0, 0.1) is 28.8 Å². The third-order valence-corrected chi connectivity index (χ3v) is 7.53. The number of nitrogens with one attached hydrogen (secondary N) is 2. The molecule has 230 valence electrons. The molecule has 3 heterocycles. The fourth-order valence-electron chi connectivity index (χ4n) is 4.02. The van der Waals surface area contributed by atoms with E-state index < -0.39 is 50.8 Å². The van der Waals surface area contributed by atoms with Crippen molar-refractivity contribution >= 4 is 33.3 Å². The number of ether oxygens (including phenoxy) is 1. The summed E-state index contributed by atoms with van der Waals surface area (Å²) < 4.78 is 88.7. The average molecular weight is 650 g/mol. The quantitative estimate of drug-likeness (QED) is 0.174. The zero-order chi connectivity index (χ0) is 31.9. The lowest BCUT2D eigenvalue weighted by Crippen LogP contribution is -2.30. The summed E-state index contributed by atoms with van der Waals surface area (Å²) in [4.78, 5) is 11.7. The van der Waals surface area contributed by atoms with E-state index in [1.807, 2.05) is 0 Å². The topological polar surface area (TPSA) is 156 Å². The molecule has 0 amide bonds. The van der Waals surface area contributed by atoms with Gasteiger partial charge in [-0.05, 0) is 55.3 Å². The molecule has 4 N–H and O–H groups in total. The van der Waals surface area contributed by atoms with Gasteiger partial charge in [0.25, 0.3) is 0 Å². The summed E-state index contributed by atoms with van der Waals surface area (Å²) in [5, 5.41) is 12.3. The van der Waals surface area contributed by atoms with Gasteiger partial charge >= 0.3 is 0 Å². The average Bonchev–Trinajstić information content (AvgIpc) is 3.00. The lowest BCUT2D eigenvalue weighted by Gasteiger charge is -2.14. The number of nitriles is 1. The molecule has 1 aliphatic heterocycles. The fraction of sp³-hybridized carbons (Fsp3) is 0.214. The number of hydrogen-bond donors (Lipinski definition) is 3. The molecule has 1 atom stereocenters. The van der Waals surface area contributed by atoms with Crippen LogP contribution in [0.25, 0.3) is 11.3 Å². The maximum atomic E-state index is 14.9. The van der Waals surface area contributed by atoms with Gasteiger partial charge in [-0.1, -0.05) is 17.7 Å². The van der Waals surface area contributed by atoms with E-state index >= 15 is 0 Å². The van der Waals surface area contributed by atoms with E-state index in [4.69, 9.17) is 22.1 Å². The first kappa shape index (κ1) is 32.4. The molecule has 0 bridgehead atoms. The molecule has 2 aromatic heterocycles. The molecule has 5 rings (SSSR count). The number of anilines is 2. The molecule has 4 aromatic rings. The van der Waals surface area contributed by atoms with E-state index in [-0.39, 0.29) is 39.2 Å². The van der Waals surface area contributed by atoms with Crippen LogP contribution < -0.4 is 20.5 Å². The number of nitrogen functional groups attached to an aromatic ring is 1. The normalized spacial score (nSPS) is 14.6. The molecule has 16 heteroatoms. The molecule has 0 aliphatic carbocycles.